The van der Waals surface area contributed by atoms with Crippen LogP contribution in [0.5, 0.6) is 5.75 Å². The van der Waals surface area contributed by atoms with Crippen LogP contribution in [-0.2, 0) is 27.2 Å². The highest BCUT2D eigenvalue weighted by atomic mass is 16.5. The summed E-state index contributed by atoms with van der Waals surface area (Å²) in [5, 5.41) is 5.59. The van der Waals surface area contributed by atoms with Crippen LogP contribution in [0.15, 0.2) is 84.9 Å². The zero-order valence-corrected chi connectivity index (χ0v) is 19.9. The Bertz CT molecular complexity index is 1100. The SMILES string of the molecule is CCOc1ccc(CC(NC(=O)c2ccccc2)C(=O)NC(Cc2ccccc2)C(=O)OC)cc1. The van der Waals surface area contributed by atoms with Crippen LogP contribution >= 0.6 is 0 Å². The van der Waals surface area contributed by atoms with E-state index in [1.54, 1.807) is 24.3 Å². The number of carbonyl (C=O) groups excluding carboxylic acids is 3. The number of hydrogen-bond donors (Lipinski definition) is 2. The highest BCUT2D eigenvalue weighted by Gasteiger charge is 2.28. The van der Waals surface area contributed by atoms with Crippen molar-refractivity contribution in [1.82, 2.24) is 10.6 Å². The van der Waals surface area contributed by atoms with Crippen LogP contribution in [0.4, 0.5) is 0 Å². The van der Waals surface area contributed by atoms with Gasteiger partial charge in [0.2, 0.25) is 5.91 Å². The van der Waals surface area contributed by atoms with Crippen LogP contribution in [-0.4, -0.2) is 43.6 Å². The quantitative estimate of drug-likeness (QED) is 0.416. The molecule has 0 aromatic heterocycles. The van der Waals surface area contributed by atoms with E-state index in [1.807, 2.05) is 67.6 Å². The van der Waals surface area contributed by atoms with E-state index < -0.39 is 24.0 Å². The molecule has 3 rings (SSSR count). The molecular weight excluding hydrogens is 444 g/mol. The smallest absolute Gasteiger partial charge is 0.328 e. The molecule has 0 aliphatic rings. The number of rotatable bonds is 11. The van der Waals surface area contributed by atoms with E-state index in [1.165, 1.54) is 7.11 Å². The highest BCUT2D eigenvalue weighted by Crippen LogP contribution is 2.14. The molecule has 0 spiro atoms. The number of carbonyl (C=O) groups is 3. The fourth-order valence-electron chi connectivity index (χ4n) is 3.62. The Morgan fingerprint density at radius 2 is 1.31 bits per heavy atom. The van der Waals surface area contributed by atoms with Gasteiger partial charge in [0.25, 0.3) is 5.91 Å². The van der Waals surface area contributed by atoms with Gasteiger partial charge in [-0.2, -0.15) is 0 Å². The van der Waals surface area contributed by atoms with Crippen molar-refractivity contribution in [3.05, 3.63) is 102 Å². The summed E-state index contributed by atoms with van der Waals surface area (Å²) in [6.45, 7) is 2.45. The Hall–Kier alpha value is -4.13. The second-order valence-corrected chi connectivity index (χ2v) is 7.95. The van der Waals surface area contributed by atoms with Crippen molar-refractivity contribution < 1.29 is 23.9 Å². The molecule has 35 heavy (non-hydrogen) atoms. The van der Waals surface area contributed by atoms with E-state index in [9.17, 15) is 14.4 Å². The first kappa shape index (κ1) is 25.5. The molecule has 0 bridgehead atoms. The van der Waals surface area contributed by atoms with Crippen LogP contribution in [0.2, 0.25) is 0 Å². The van der Waals surface area contributed by atoms with Crippen LogP contribution < -0.4 is 15.4 Å². The van der Waals surface area contributed by atoms with Gasteiger partial charge in [-0.15, -0.1) is 0 Å². The summed E-state index contributed by atoms with van der Waals surface area (Å²) in [5.74, 6) is -0.695. The Balaban J connectivity index is 1.80. The Morgan fingerprint density at radius 3 is 1.91 bits per heavy atom. The van der Waals surface area contributed by atoms with Gasteiger partial charge in [0.15, 0.2) is 0 Å². The summed E-state index contributed by atoms with van der Waals surface area (Å²) in [7, 11) is 1.28. The molecule has 2 amide bonds. The van der Waals surface area contributed by atoms with Crippen molar-refractivity contribution in [3.63, 3.8) is 0 Å². The number of ether oxygens (including phenoxy) is 2. The van der Waals surface area contributed by atoms with Crippen LogP contribution in [0.25, 0.3) is 0 Å². The molecule has 3 aromatic carbocycles. The van der Waals surface area contributed by atoms with Crippen molar-refractivity contribution in [2.24, 2.45) is 0 Å². The maximum absolute atomic E-state index is 13.3. The number of hydrogen-bond acceptors (Lipinski definition) is 5. The minimum Gasteiger partial charge on any atom is -0.494 e. The molecular formula is C28H30N2O5. The first-order chi connectivity index (χ1) is 17.0. The molecule has 7 nitrogen and oxygen atoms in total. The van der Waals surface area contributed by atoms with E-state index in [0.29, 0.717) is 12.2 Å². The lowest BCUT2D eigenvalue weighted by Crippen LogP contribution is -2.53. The van der Waals surface area contributed by atoms with E-state index in [-0.39, 0.29) is 18.7 Å². The molecule has 0 aliphatic heterocycles. The Labute approximate surface area is 205 Å². The monoisotopic (exact) mass is 474 g/mol. The summed E-state index contributed by atoms with van der Waals surface area (Å²) in [6.07, 6.45) is 0.498. The second-order valence-electron chi connectivity index (χ2n) is 7.95. The predicted molar refractivity (Wildman–Crippen MR) is 133 cm³/mol. The normalized spacial score (nSPS) is 12.2. The van der Waals surface area contributed by atoms with E-state index >= 15 is 0 Å². The van der Waals surface area contributed by atoms with Crippen molar-refractivity contribution in [1.29, 1.82) is 0 Å². The molecule has 2 atom stereocenters. The molecule has 182 valence electrons. The van der Waals surface area contributed by atoms with Gasteiger partial charge in [-0.25, -0.2) is 4.79 Å². The summed E-state index contributed by atoms with van der Waals surface area (Å²) in [5.41, 5.74) is 2.14. The van der Waals surface area contributed by atoms with E-state index in [4.69, 9.17) is 9.47 Å². The number of amides is 2. The van der Waals surface area contributed by atoms with Crippen molar-refractivity contribution in [2.75, 3.05) is 13.7 Å². The minimum absolute atomic E-state index is 0.232. The predicted octanol–water partition coefficient (Wildman–Crippen LogP) is 3.33. The molecule has 0 heterocycles. The fourth-order valence-corrected chi connectivity index (χ4v) is 3.62. The number of benzene rings is 3. The van der Waals surface area contributed by atoms with Crippen molar-refractivity contribution in [2.45, 2.75) is 31.8 Å². The highest BCUT2D eigenvalue weighted by molar-refractivity contribution is 5.98. The van der Waals surface area contributed by atoms with Gasteiger partial charge in [-0.1, -0.05) is 60.7 Å². The molecule has 0 fully saturated rings. The van der Waals surface area contributed by atoms with Gasteiger partial charge in [0.05, 0.1) is 13.7 Å². The summed E-state index contributed by atoms with van der Waals surface area (Å²) in [6, 6.07) is 23.5. The second kappa shape index (κ2) is 12.9. The van der Waals surface area contributed by atoms with Gasteiger partial charge >= 0.3 is 5.97 Å². The van der Waals surface area contributed by atoms with Gasteiger partial charge in [-0.05, 0) is 42.3 Å². The Kier molecular flexibility index (Phi) is 9.42. The number of esters is 1. The number of nitrogens with one attached hydrogen (secondary N) is 2. The minimum atomic E-state index is -0.913. The largest absolute Gasteiger partial charge is 0.494 e. The third-order valence-corrected chi connectivity index (χ3v) is 5.42. The first-order valence-electron chi connectivity index (χ1n) is 11.5. The van der Waals surface area contributed by atoms with Gasteiger partial charge in [0, 0.05) is 18.4 Å². The van der Waals surface area contributed by atoms with Crippen LogP contribution in [0, 0.1) is 0 Å². The third-order valence-electron chi connectivity index (χ3n) is 5.42. The summed E-state index contributed by atoms with van der Waals surface area (Å²) < 4.78 is 10.4. The maximum atomic E-state index is 13.3. The van der Waals surface area contributed by atoms with Crippen molar-refractivity contribution in [3.8, 4) is 5.75 Å². The van der Waals surface area contributed by atoms with Crippen LogP contribution in [0.3, 0.4) is 0 Å². The van der Waals surface area contributed by atoms with Gasteiger partial charge in [-0.3, -0.25) is 9.59 Å². The van der Waals surface area contributed by atoms with Gasteiger partial charge in [0.1, 0.15) is 17.8 Å². The molecule has 3 aromatic rings. The maximum Gasteiger partial charge on any atom is 0.328 e. The lowest BCUT2D eigenvalue weighted by molar-refractivity contribution is -0.145. The fraction of sp³-hybridized carbons (Fsp3) is 0.250. The molecule has 2 N–H and O–H groups in total. The van der Waals surface area contributed by atoms with Crippen LogP contribution in [0.1, 0.15) is 28.4 Å². The third kappa shape index (κ3) is 7.71. The lowest BCUT2D eigenvalue weighted by atomic mass is 10.0. The zero-order valence-electron chi connectivity index (χ0n) is 19.9. The number of methoxy groups -OCH3 is 1. The summed E-state index contributed by atoms with van der Waals surface area (Å²) >= 11 is 0. The lowest BCUT2D eigenvalue weighted by Gasteiger charge is -2.23. The molecule has 0 radical (unpaired) electrons. The average Bonchev–Trinajstić information content (AvgIpc) is 2.89. The first-order valence-corrected chi connectivity index (χ1v) is 11.5. The van der Waals surface area contributed by atoms with E-state index in [2.05, 4.69) is 10.6 Å². The summed E-state index contributed by atoms with van der Waals surface area (Å²) in [4.78, 5) is 38.6. The molecule has 0 saturated carbocycles. The topological polar surface area (TPSA) is 93.7 Å². The average molecular weight is 475 g/mol. The van der Waals surface area contributed by atoms with Crippen molar-refractivity contribution >= 4 is 17.8 Å². The zero-order chi connectivity index (χ0) is 25.0. The molecule has 0 saturated heterocycles. The van der Waals surface area contributed by atoms with E-state index in [0.717, 1.165) is 16.9 Å². The standard InChI is InChI=1S/C28H30N2O5/c1-3-35-23-16-14-21(15-17-23)18-24(29-26(31)22-12-8-5-9-13-22)27(32)30-25(28(33)34-2)19-20-10-6-4-7-11-20/h4-17,24-25H,3,18-19H2,1-2H3,(H,29,31)(H,30,32). The molecule has 0 aliphatic carbocycles. The molecule has 2 unspecified atom stereocenters. The Morgan fingerprint density at radius 1 is 0.743 bits per heavy atom. The molecule has 7 heteroatoms. The van der Waals surface area contributed by atoms with Gasteiger partial charge < -0.3 is 20.1 Å².